The van der Waals surface area contributed by atoms with Crippen LogP contribution < -0.4 is 0 Å². The first-order chi connectivity index (χ1) is 11.6. The maximum absolute atomic E-state index is 12.2. The molecule has 4 nitrogen and oxygen atoms in total. The molecule has 0 spiro atoms. The fraction of sp³-hybridized carbons (Fsp3) is 0.100. The Kier molecular flexibility index (Phi) is 3.31. The normalized spacial score (nSPS) is 15.8. The summed E-state index contributed by atoms with van der Waals surface area (Å²) < 4.78 is 7.36. The monoisotopic (exact) mass is 316 g/mol. The first kappa shape index (κ1) is 14.5. The van der Waals surface area contributed by atoms with Crippen LogP contribution in [0.2, 0.25) is 0 Å². The maximum atomic E-state index is 12.2. The number of esters is 1. The molecule has 0 bridgehead atoms. The largest absolute Gasteiger partial charge is 0.402 e. The van der Waals surface area contributed by atoms with E-state index < -0.39 is 5.97 Å². The molecule has 0 aliphatic carbocycles. The van der Waals surface area contributed by atoms with E-state index in [1.807, 2.05) is 73.3 Å². The minimum absolute atomic E-state index is 0.321. The molecule has 0 fully saturated rings. The predicted octanol–water partition coefficient (Wildman–Crippen LogP) is 3.83. The van der Waals surface area contributed by atoms with Gasteiger partial charge in [0.25, 0.3) is 0 Å². The molecule has 2 heterocycles. The van der Waals surface area contributed by atoms with Gasteiger partial charge in [0.15, 0.2) is 5.70 Å². The quantitative estimate of drug-likeness (QED) is 0.533. The van der Waals surface area contributed by atoms with Gasteiger partial charge in [0.2, 0.25) is 5.90 Å². The van der Waals surface area contributed by atoms with E-state index in [9.17, 15) is 4.79 Å². The number of nitrogens with zero attached hydrogens (tertiary/aromatic N) is 2. The van der Waals surface area contributed by atoms with Crippen molar-refractivity contribution in [3.63, 3.8) is 0 Å². The summed E-state index contributed by atoms with van der Waals surface area (Å²) in [5.41, 5.74) is 4.33. The molecular weight excluding hydrogens is 300 g/mol. The summed E-state index contributed by atoms with van der Waals surface area (Å²) in [7, 11) is 1.98. The summed E-state index contributed by atoms with van der Waals surface area (Å²) in [6.45, 7) is 2.01. The van der Waals surface area contributed by atoms with Gasteiger partial charge in [-0.1, -0.05) is 35.9 Å². The van der Waals surface area contributed by atoms with Crippen molar-refractivity contribution in [3.8, 4) is 0 Å². The third-order valence-corrected chi connectivity index (χ3v) is 4.14. The summed E-state index contributed by atoms with van der Waals surface area (Å²) in [6.07, 6.45) is 3.77. The zero-order chi connectivity index (χ0) is 16.7. The fourth-order valence-corrected chi connectivity index (χ4v) is 2.86. The van der Waals surface area contributed by atoms with Crippen LogP contribution in [0.25, 0.3) is 17.0 Å². The third kappa shape index (κ3) is 2.42. The van der Waals surface area contributed by atoms with Gasteiger partial charge in [0.05, 0.1) is 0 Å². The molecule has 118 valence electrons. The molecule has 1 aliphatic rings. The van der Waals surface area contributed by atoms with Gasteiger partial charge in [-0.05, 0) is 31.2 Å². The lowest BCUT2D eigenvalue weighted by Gasteiger charge is -1.99. The highest BCUT2D eigenvalue weighted by Gasteiger charge is 2.24. The Labute approximate surface area is 139 Å². The molecule has 24 heavy (non-hydrogen) atoms. The van der Waals surface area contributed by atoms with Gasteiger partial charge in [-0.3, -0.25) is 0 Å². The van der Waals surface area contributed by atoms with Gasteiger partial charge < -0.3 is 9.30 Å². The highest BCUT2D eigenvalue weighted by molar-refractivity contribution is 6.13. The Hall–Kier alpha value is -3.14. The number of hydrogen-bond acceptors (Lipinski definition) is 3. The number of carbonyl (C=O) groups excluding carboxylic acids is 1. The van der Waals surface area contributed by atoms with Gasteiger partial charge in [-0.25, -0.2) is 9.79 Å². The number of aromatic nitrogens is 1. The van der Waals surface area contributed by atoms with Crippen molar-refractivity contribution in [3.05, 3.63) is 77.1 Å². The number of para-hydroxylation sites is 1. The van der Waals surface area contributed by atoms with Gasteiger partial charge in [-0.2, -0.15) is 0 Å². The van der Waals surface area contributed by atoms with Crippen molar-refractivity contribution in [2.45, 2.75) is 6.92 Å². The smallest absolute Gasteiger partial charge is 0.363 e. The molecule has 0 saturated carbocycles. The molecule has 2 aromatic carbocycles. The average molecular weight is 316 g/mol. The lowest BCUT2D eigenvalue weighted by atomic mass is 10.1. The Balaban J connectivity index is 1.76. The van der Waals surface area contributed by atoms with E-state index in [0.29, 0.717) is 11.6 Å². The highest BCUT2D eigenvalue weighted by Crippen LogP contribution is 2.25. The number of rotatable bonds is 2. The fourth-order valence-electron chi connectivity index (χ4n) is 2.86. The van der Waals surface area contributed by atoms with Crippen molar-refractivity contribution in [2.75, 3.05) is 0 Å². The molecule has 0 radical (unpaired) electrons. The summed E-state index contributed by atoms with van der Waals surface area (Å²) in [5.74, 6) is -0.0648. The topological polar surface area (TPSA) is 43.6 Å². The van der Waals surface area contributed by atoms with Crippen LogP contribution in [0.4, 0.5) is 0 Å². The van der Waals surface area contributed by atoms with Crippen LogP contribution in [-0.4, -0.2) is 16.4 Å². The van der Waals surface area contributed by atoms with Crippen LogP contribution in [-0.2, 0) is 16.6 Å². The SMILES string of the molecule is Cc1ccc(C2=NC(=Cc3cn(C)c4ccccc34)C(=O)O2)cc1. The molecule has 0 saturated heterocycles. The zero-order valence-corrected chi connectivity index (χ0v) is 13.5. The van der Waals surface area contributed by atoms with Crippen LogP contribution in [0.1, 0.15) is 16.7 Å². The van der Waals surface area contributed by atoms with Gasteiger partial charge in [0, 0.05) is 35.3 Å². The van der Waals surface area contributed by atoms with Crippen LogP contribution in [0.3, 0.4) is 0 Å². The van der Waals surface area contributed by atoms with Crippen molar-refractivity contribution in [1.29, 1.82) is 0 Å². The molecule has 0 atom stereocenters. The lowest BCUT2D eigenvalue weighted by molar-refractivity contribution is -0.129. The highest BCUT2D eigenvalue weighted by atomic mass is 16.6. The summed E-state index contributed by atoms with van der Waals surface area (Å²) in [4.78, 5) is 16.5. The van der Waals surface area contributed by atoms with E-state index in [0.717, 1.165) is 27.6 Å². The van der Waals surface area contributed by atoms with E-state index >= 15 is 0 Å². The number of benzene rings is 2. The van der Waals surface area contributed by atoms with Gasteiger partial charge in [0.1, 0.15) is 0 Å². The van der Waals surface area contributed by atoms with E-state index in [1.165, 1.54) is 0 Å². The number of aryl methyl sites for hydroxylation is 2. The van der Waals surface area contributed by atoms with Crippen molar-refractivity contribution in [1.82, 2.24) is 4.57 Å². The Morgan fingerprint density at radius 3 is 2.62 bits per heavy atom. The number of carbonyl (C=O) groups is 1. The first-order valence-corrected chi connectivity index (χ1v) is 7.75. The third-order valence-electron chi connectivity index (χ3n) is 4.14. The van der Waals surface area contributed by atoms with Crippen LogP contribution >= 0.6 is 0 Å². The summed E-state index contributed by atoms with van der Waals surface area (Å²) in [6, 6.07) is 15.8. The molecule has 0 amide bonds. The van der Waals surface area contributed by atoms with Crippen LogP contribution in [0.15, 0.2) is 65.4 Å². The predicted molar refractivity (Wildman–Crippen MR) is 94.7 cm³/mol. The Morgan fingerprint density at radius 1 is 1.08 bits per heavy atom. The Morgan fingerprint density at radius 2 is 1.83 bits per heavy atom. The number of aliphatic imine (C=N–C) groups is 1. The molecule has 4 rings (SSSR count). The van der Waals surface area contributed by atoms with E-state index in [4.69, 9.17) is 4.74 Å². The van der Waals surface area contributed by atoms with Gasteiger partial charge >= 0.3 is 5.97 Å². The second-order valence-electron chi connectivity index (χ2n) is 5.91. The van der Waals surface area contributed by atoms with E-state index in [-0.39, 0.29) is 0 Å². The minimum atomic E-state index is -0.418. The molecule has 1 aromatic heterocycles. The lowest BCUT2D eigenvalue weighted by Crippen LogP contribution is -2.05. The van der Waals surface area contributed by atoms with Crippen molar-refractivity contribution < 1.29 is 9.53 Å². The summed E-state index contributed by atoms with van der Waals surface area (Å²) in [5, 5.41) is 1.08. The minimum Gasteiger partial charge on any atom is -0.402 e. The van der Waals surface area contributed by atoms with Crippen LogP contribution in [0, 0.1) is 6.92 Å². The molecule has 3 aromatic rings. The zero-order valence-electron chi connectivity index (χ0n) is 13.5. The number of fused-ring (bicyclic) bond motifs is 1. The summed E-state index contributed by atoms with van der Waals surface area (Å²) >= 11 is 0. The average Bonchev–Trinajstić information content (AvgIpc) is 3.10. The van der Waals surface area contributed by atoms with Crippen molar-refractivity contribution in [2.24, 2.45) is 12.0 Å². The van der Waals surface area contributed by atoms with Gasteiger partial charge in [-0.15, -0.1) is 0 Å². The molecule has 4 heteroatoms. The van der Waals surface area contributed by atoms with Crippen LogP contribution in [0.5, 0.6) is 0 Å². The second kappa shape index (κ2) is 5.49. The molecular formula is C20H16N2O2. The Bertz CT molecular complexity index is 1010. The second-order valence-corrected chi connectivity index (χ2v) is 5.91. The molecule has 0 unspecified atom stereocenters. The van der Waals surface area contributed by atoms with E-state index in [2.05, 4.69) is 4.99 Å². The standard InChI is InChI=1S/C20H16N2O2/c1-13-7-9-14(10-8-13)19-21-17(20(23)24-19)11-15-12-22(2)18-6-4-3-5-16(15)18/h3-12H,1-2H3. The molecule has 0 N–H and O–H groups in total. The van der Waals surface area contributed by atoms with Crippen molar-refractivity contribution >= 4 is 28.8 Å². The number of cyclic esters (lactones) is 1. The number of ether oxygens (including phenoxy) is 1. The maximum Gasteiger partial charge on any atom is 0.363 e. The first-order valence-electron chi connectivity index (χ1n) is 7.75. The van der Waals surface area contributed by atoms with E-state index in [1.54, 1.807) is 6.08 Å². The number of hydrogen-bond donors (Lipinski definition) is 0. The molecule has 1 aliphatic heterocycles.